The fourth-order valence-corrected chi connectivity index (χ4v) is 1.52. The van der Waals surface area contributed by atoms with Gasteiger partial charge in [0.05, 0.1) is 25.4 Å². The number of carboxylic acids is 1. The molecule has 1 aromatic heterocycles. The lowest BCUT2D eigenvalue weighted by Crippen LogP contribution is -2.12. The monoisotopic (exact) mass is 246 g/mol. The third-order valence-corrected chi connectivity index (χ3v) is 2.23. The van der Waals surface area contributed by atoms with Crippen LogP contribution in [-0.4, -0.2) is 23.2 Å². The number of carboxylic acid groups (broad SMARTS) is 1. The zero-order valence-electron chi connectivity index (χ0n) is 9.11. The highest BCUT2D eigenvalue weighted by molar-refractivity contribution is 5.72. The molecule has 0 bridgehead atoms. The van der Waals surface area contributed by atoms with Gasteiger partial charge in [0.1, 0.15) is 5.75 Å². The number of ether oxygens (including phenoxy) is 1. The minimum absolute atomic E-state index is 0.0166. The van der Waals surface area contributed by atoms with E-state index in [-0.39, 0.29) is 23.6 Å². The number of nitrogens with two attached hydrogens (primary N) is 1. The second kappa shape index (κ2) is 5.53. The number of carbonyl (C=O) groups is 1. The van der Waals surface area contributed by atoms with E-state index in [4.69, 9.17) is 15.6 Å². The number of nitrogens with zero attached hydrogens (tertiary/aromatic N) is 1. The van der Waals surface area contributed by atoms with Gasteiger partial charge in [-0.15, -0.1) is 0 Å². The Hall–Kier alpha value is -1.76. The van der Waals surface area contributed by atoms with Gasteiger partial charge in [-0.25, -0.2) is 8.78 Å². The van der Waals surface area contributed by atoms with E-state index in [0.717, 1.165) is 0 Å². The van der Waals surface area contributed by atoms with Gasteiger partial charge in [-0.05, 0) is 0 Å². The van der Waals surface area contributed by atoms with Crippen LogP contribution in [0.2, 0.25) is 0 Å². The molecule has 1 rings (SSSR count). The molecule has 0 saturated heterocycles. The van der Waals surface area contributed by atoms with E-state index in [1.54, 1.807) is 0 Å². The summed E-state index contributed by atoms with van der Waals surface area (Å²) in [6.07, 6.45) is -2.20. The molecule has 0 aliphatic rings. The summed E-state index contributed by atoms with van der Waals surface area (Å²) in [6.45, 7) is -0.184. The molecule has 0 aliphatic heterocycles. The van der Waals surface area contributed by atoms with Crippen LogP contribution in [0.15, 0.2) is 6.20 Å². The molecular formula is C10H12F2N2O3. The summed E-state index contributed by atoms with van der Waals surface area (Å²) in [5, 5.41) is 8.70. The molecule has 0 spiro atoms. The Morgan fingerprint density at radius 2 is 2.29 bits per heavy atom. The van der Waals surface area contributed by atoms with Crippen molar-refractivity contribution in [2.24, 2.45) is 5.73 Å². The highest BCUT2D eigenvalue weighted by Gasteiger charge is 2.23. The smallest absolute Gasteiger partial charge is 0.307 e. The van der Waals surface area contributed by atoms with Gasteiger partial charge < -0.3 is 15.6 Å². The van der Waals surface area contributed by atoms with Crippen LogP contribution < -0.4 is 10.5 Å². The number of hydrogen-bond acceptors (Lipinski definition) is 4. The van der Waals surface area contributed by atoms with Crippen molar-refractivity contribution in [3.05, 3.63) is 23.0 Å². The fraction of sp³-hybridized carbons (Fsp3) is 0.400. The first-order chi connectivity index (χ1) is 8.01. The fourth-order valence-electron chi connectivity index (χ4n) is 1.52. The van der Waals surface area contributed by atoms with Gasteiger partial charge in [0.15, 0.2) is 0 Å². The summed E-state index contributed by atoms with van der Waals surface area (Å²) in [4.78, 5) is 14.4. The number of rotatable bonds is 5. The number of halogens is 2. The molecule has 94 valence electrons. The van der Waals surface area contributed by atoms with E-state index in [2.05, 4.69) is 4.98 Å². The van der Waals surface area contributed by atoms with Crippen molar-refractivity contribution in [3.63, 3.8) is 0 Å². The van der Waals surface area contributed by atoms with Gasteiger partial charge >= 0.3 is 5.97 Å². The Bertz CT molecular complexity index is 424. The number of alkyl halides is 2. The molecule has 0 atom stereocenters. The van der Waals surface area contributed by atoms with Crippen LogP contribution in [0.5, 0.6) is 5.75 Å². The van der Waals surface area contributed by atoms with Crippen molar-refractivity contribution in [1.29, 1.82) is 0 Å². The van der Waals surface area contributed by atoms with Crippen molar-refractivity contribution in [2.75, 3.05) is 7.11 Å². The van der Waals surface area contributed by atoms with E-state index in [1.807, 2.05) is 0 Å². The van der Waals surface area contributed by atoms with Crippen LogP contribution in [0.3, 0.4) is 0 Å². The van der Waals surface area contributed by atoms with Crippen molar-refractivity contribution in [2.45, 2.75) is 19.4 Å². The lowest BCUT2D eigenvalue weighted by Gasteiger charge is -2.14. The number of aromatic nitrogens is 1. The molecule has 0 aliphatic carbocycles. The summed E-state index contributed by atoms with van der Waals surface area (Å²) < 4.78 is 30.6. The van der Waals surface area contributed by atoms with Crippen molar-refractivity contribution < 1.29 is 23.4 Å². The molecule has 0 saturated carbocycles. The summed E-state index contributed by atoms with van der Waals surface area (Å²) in [6, 6.07) is 0. The molecule has 5 nitrogen and oxygen atoms in total. The first-order valence-electron chi connectivity index (χ1n) is 4.75. The quantitative estimate of drug-likeness (QED) is 0.812. The molecule has 1 aromatic rings. The number of hydrogen-bond donors (Lipinski definition) is 2. The standard InChI is InChI=1S/C10H12F2N2O3/c1-17-7-4-14-6(3-13)9(10(11)12)5(7)2-8(15)16/h4,10H,2-3,13H2,1H3,(H,15,16). The molecule has 17 heavy (non-hydrogen) atoms. The zero-order chi connectivity index (χ0) is 13.0. The van der Waals surface area contributed by atoms with Gasteiger partial charge in [0, 0.05) is 17.7 Å². The topological polar surface area (TPSA) is 85.4 Å². The molecule has 0 aromatic carbocycles. The van der Waals surface area contributed by atoms with Crippen molar-refractivity contribution in [3.8, 4) is 5.75 Å². The van der Waals surface area contributed by atoms with Crippen LogP contribution in [0.25, 0.3) is 0 Å². The van der Waals surface area contributed by atoms with Gasteiger partial charge in [0.25, 0.3) is 6.43 Å². The van der Waals surface area contributed by atoms with Crippen LogP contribution in [0.4, 0.5) is 8.78 Å². The maximum atomic E-state index is 12.9. The third kappa shape index (κ3) is 2.88. The summed E-state index contributed by atoms with van der Waals surface area (Å²) in [7, 11) is 1.26. The van der Waals surface area contributed by atoms with E-state index < -0.39 is 24.4 Å². The molecule has 3 N–H and O–H groups in total. The van der Waals surface area contributed by atoms with E-state index in [9.17, 15) is 13.6 Å². The average Bonchev–Trinajstić information content (AvgIpc) is 2.27. The highest BCUT2D eigenvalue weighted by atomic mass is 19.3. The highest BCUT2D eigenvalue weighted by Crippen LogP contribution is 2.31. The summed E-state index contributed by atoms with van der Waals surface area (Å²) in [5.41, 5.74) is 4.75. The summed E-state index contributed by atoms with van der Waals surface area (Å²) >= 11 is 0. The molecule has 0 radical (unpaired) electrons. The van der Waals surface area contributed by atoms with Gasteiger partial charge in [-0.2, -0.15) is 0 Å². The normalized spacial score (nSPS) is 10.6. The molecule has 0 amide bonds. The lowest BCUT2D eigenvalue weighted by atomic mass is 10.0. The Kier molecular flexibility index (Phi) is 4.33. The third-order valence-electron chi connectivity index (χ3n) is 2.23. The number of aliphatic carboxylic acids is 1. The Balaban J connectivity index is 3.40. The molecule has 1 heterocycles. The van der Waals surface area contributed by atoms with Gasteiger partial charge in [-0.3, -0.25) is 9.78 Å². The maximum Gasteiger partial charge on any atom is 0.307 e. The Morgan fingerprint density at radius 3 is 2.71 bits per heavy atom. The van der Waals surface area contributed by atoms with Crippen LogP contribution >= 0.6 is 0 Å². The van der Waals surface area contributed by atoms with E-state index in [0.29, 0.717) is 0 Å². The second-order valence-corrected chi connectivity index (χ2v) is 3.24. The molecule has 0 fully saturated rings. The zero-order valence-corrected chi connectivity index (χ0v) is 9.11. The summed E-state index contributed by atoms with van der Waals surface area (Å²) in [5.74, 6) is -1.20. The first-order valence-corrected chi connectivity index (χ1v) is 4.75. The Labute approximate surface area is 96.2 Å². The van der Waals surface area contributed by atoms with E-state index >= 15 is 0 Å². The van der Waals surface area contributed by atoms with Crippen LogP contribution in [0, 0.1) is 0 Å². The first kappa shape index (κ1) is 13.3. The van der Waals surface area contributed by atoms with Crippen LogP contribution in [-0.2, 0) is 17.8 Å². The van der Waals surface area contributed by atoms with E-state index in [1.165, 1.54) is 13.3 Å². The van der Waals surface area contributed by atoms with Crippen LogP contribution in [0.1, 0.15) is 23.2 Å². The second-order valence-electron chi connectivity index (χ2n) is 3.24. The minimum atomic E-state index is -2.84. The largest absolute Gasteiger partial charge is 0.495 e. The molecule has 7 heteroatoms. The van der Waals surface area contributed by atoms with Gasteiger partial charge in [0.2, 0.25) is 0 Å². The van der Waals surface area contributed by atoms with Crippen molar-refractivity contribution in [1.82, 2.24) is 4.98 Å². The van der Waals surface area contributed by atoms with Gasteiger partial charge in [-0.1, -0.05) is 0 Å². The number of methoxy groups -OCH3 is 1. The minimum Gasteiger partial charge on any atom is -0.495 e. The maximum absolute atomic E-state index is 12.9. The molecule has 0 unspecified atom stereocenters. The number of pyridine rings is 1. The predicted molar refractivity (Wildman–Crippen MR) is 55.0 cm³/mol. The Morgan fingerprint density at radius 1 is 1.65 bits per heavy atom. The predicted octanol–water partition coefficient (Wildman–Crippen LogP) is 1.11. The lowest BCUT2D eigenvalue weighted by molar-refractivity contribution is -0.136. The SMILES string of the molecule is COc1cnc(CN)c(C(F)F)c1CC(=O)O. The molecular weight excluding hydrogens is 234 g/mol. The van der Waals surface area contributed by atoms with Crippen molar-refractivity contribution >= 4 is 5.97 Å². The average molecular weight is 246 g/mol.